The molecule has 10 heteroatoms. The molecule has 2 heterocycles. The molecule has 0 bridgehead atoms. The maximum atomic E-state index is 14.5. The van der Waals surface area contributed by atoms with Gasteiger partial charge in [0.25, 0.3) is 5.91 Å². The van der Waals surface area contributed by atoms with Crippen molar-refractivity contribution in [2.75, 3.05) is 21.3 Å². The SMILES string of the molecule is O=C(Nc1ccc(F)c(Nc2ccc3c(c2)NC(=O)/C3=C\c2ccc[nH]2)c1)Nc1cc(Cl)ccc1Cl. The standard InChI is InChI=1S/C26H18Cl2FN5O2/c27-14-3-7-20(28)23(10-14)34-26(36)32-17-5-8-21(29)24(13-17)31-16-4-6-18-19(11-15-2-1-9-30-15)25(35)33-22(18)12-16/h1-13,30-31H,(H,33,35)(H2,32,34,36)/b19-11-. The van der Waals surface area contributed by atoms with Crippen molar-refractivity contribution in [1.82, 2.24) is 4.98 Å². The fraction of sp³-hybridized carbons (Fsp3) is 0. The van der Waals surface area contributed by atoms with Gasteiger partial charge < -0.3 is 26.3 Å². The topological polar surface area (TPSA) is 98.1 Å². The Labute approximate surface area is 215 Å². The van der Waals surface area contributed by atoms with E-state index in [0.29, 0.717) is 38.4 Å². The molecule has 1 aliphatic heterocycles. The van der Waals surface area contributed by atoms with Crippen LogP contribution in [0.3, 0.4) is 0 Å². The molecule has 0 fully saturated rings. The number of carbonyl (C=O) groups excluding carboxylic acids is 2. The smallest absolute Gasteiger partial charge is 0.323 e. The van der Waals surface area contributed by atoms with Gasteiger partial charge in [0.1, 0.15) is 5.82 Å². The molecule has 7 nitrogen and oxygen atoms in total. The van der Waals surface area contributed by atoms with Gasteiger partial charge in [-0.2, -0.15) is 0 Å². The van der Waals surface area contributed by atoms with Crippen LogP contribution in [0.4, 0.5) is 37.6 Å². The van der Waals surface area contributed by atoms with Crippen LogP contribution in [-0.4, -0.2) is 16.9 Å². The summed E-state index contributed by atoms with van der Waals surface area (Å²) in [6, 6.07) is 17.2. The zero-order chi connectivity index (χ0) is 25.2. The minimum atomic E-state index is -0.571. The van der Waals surface area contributed by atoms with Crippen LogP contribution in [0.15, 0.2) is 72.9 Å². The van der Waals surface area contributed by atoms with Crippen molar-refractivity contribution in [3.05, 3.63) is 100 Å². The van der Waals surface area contributed by atoms with Gasteiger partial charge in [-0.3, -0.25) is 4.79 Å². The molecule has 0 aliphatic carbocycles. The van der Waals surface area contributed by atoms with E-state index >= 15 is 0 Å². The predicted molar refractivity (Wildman–Crippen MR) is 143 cm³/mol. The molecule has 3 aromatic carbocycles. The van der Waals surface area contributed by atoms with E-state index in [1.165, 1.54) is 24.3 Å². The van der Waals surface area contributed by atoms with Crippen molar-refractivity contribution in [3.63, 3.8) is 0 Å². The fourth-order valence-corrected chi connectivity index (χ4v) is 4.07. The third-order valence-corrected chi connectivity index (χ3v) is 5.97. The molecule has 180 valence electrons. The Kier molecular flexibility index (Phi) is 6.37. The summed E-state index contributed by atoms with van der Waals surface area (Å²) in [7, 11) is 0. The summed E-state index contributed by atoms with van der Waals surface area (Å²) in [5.41, 5.74) is 4.07. The minimum absolute atomic E-state index is 0.139. The number of anilines is 5. The van der Waals surface area contributed by atoms with Gasteiger partial charge in [-0.15, -0.1) is 0 Å². The zero-order valence-electron chi connectivity index (χ0n) is 18.5. The van der Waals surface area contributed by atoms with Crippen LogP contribution >= 0.6 is 23.2 Å². The van der Waals surface area contributed by atoms with Gasteiger partial charge in [0.2, 0.25) is 0 Å². The number of urea groups is 1. The van der Waals surface area contributed by atoms with Gasteiger partial charge in [-0.25, -0.2) is 9.18 Å². The Balaban J connectivity index is 1.32. The van der Waals surface area contributed by atoms with Crippen LogP contribution in [0.1, 0.15) is 11.3 Å². The lowest BCUT2D eigenvalue weighted by Gasteiger charge is -2.13. The maximum absolute atomic E-state index is 14.5. The van der Waals surface area contributed by atoms with Crippen molar-refractivity contribution in [2.24, 2.45) is 0 Å². The second kappa shape index (κ2) is 9.77. The number of halogens is 3. The average molecular weight is 522 g/mol. The quantitative estimate of drug-likeness (QED) is 0.177. The molecule has 4 aromatic rings. The van der Waals surface area contributed by atoms with Crippen LogP contribution < -0.4 is 21.3 Å². The van der Waals surface area contributed by atoms with Crippen molar-refractivity contribution in [1.29, 1.82) is 0 Å². The Morgan fingerprint density at radius 1 is 0.917 bits per heavy atom. The lowest BCUT2D eigenvalue weighted by Crippen LogP contribution is -2.19. The number of fused-ring (bicyclic) bond motifs is 1. The normalized spacial score (nSPS) is 13.3. The number of hydrogen-bond acceptors (Lipinski definition) is 3. The van der Waals surface area contributed by atoms with E-state index in [0.717, 1.165) is 11.3 Å². The monoisotopic (exact) mass is 521 g/mol. The molecule has 0 spiro atoms. The van der Waals surface area contributed by atoms with Gasteiger partial charge in [0, 0.05) is 33.9 Å². The molecule has 5 N–H and O–H groups in total. The first-order chi connectivity index (χ1) is 17.4. The Morgan fingerprint density at radius 2 is 1.75 bits per heavy atom. The van der Waals surface area contributed by atoms with E-state index in [4.69, 9.17) is 23.2 Å². The largest absolute Gasteiger partial charge is 0.362 e. The summed E-state index contributed by atoms with van der Waals surface area (Å²) in [5, 5.41) is 11.8. The minimum Gasteiger partial charge on any atom is -0.362 e. The number of aromatic nitrogens is 1. The van der Waals surface area contributed by atoms with Crippen LogP contribution in [-0.2, 0) is 4.79 Å². The molecule has 0 saturated heterocycles. The van der Waals surface area contributed by atoms with E-state index < -0.39 is 11.8 Å². The molecule has 0 saturated carbocycles. The van der Waals surface area contributed by atoms with Gasteiger partial charge in [-0.05, 0) is 66.7 Å². The Hall–Kier alpha value is -4.27. The number of aromatic amines is 1. The number of hydrogen-bond donors (Lipinski definition) is 5. The Morgan fingerprint density at radius 3 is 2.56 bits per heavy atom. The van der Waals surface area contributed by atoms with E-state index in [9.17, 15) is 14.0 Å². The van der Waals surface area contributed by atoms with Crippen LogP contribution in [0.2, 0.25) is 10.0 Å². The molecule has 0 unspecified atom stereocenters. The summed E-state index contributed by atoms with van der Waals surface area (Å²) in [6.07, 6.45) is 3.55. The molecular weight excluding hydrogens is 504 g/mol. The highest BCUT2D eigenvalue weighted by atomic mass is 35.5. The molecule has 5 rings (SSSR count). The number of nitrogens with one attached hydrogen (secondary N) is 5. The van der Waals surface area contributed by atoms with E-state index in [1.807, 2.05) is 12.1 Å². The third-order valence-electron chi connectivity index (χ3n) is 5.40. The van der Waals surface area contributed by atoms with Gasteiger partial charge in [0.05, 0.1) is 27.7 Å². The lowest BCUT2D eigenvalue weighted by atomic mass is 10.1. The van der Waals surface area contributed by atoms with Gasteiger partial charge in [-0.1, -0.05) is 29.3 Å². The summed E-state index contributed by atoms with van der Waals surface area (Å²) in [4.78, 5) is 27.9. The molecule has 0 radical (unpaired) electrons. The number of amides is 3. The first-order valence-electron chi connectivity index (χ1n) is 10.8. The Bertz CT molecular complexity index is 1520. The number of carbonyl (C=O) groups is 2. The van der Waals surface area contributed by atoms with Crippen LogP contribution in [0.25, 0.3) is 11.6 Å². The number of rotatable bonds is 5. The molecule has 3 amide bonds. The fourth-order valence-electron chi connectivity index (χ4n) is 3.74. The lowest BCUT2D eigenvalue weighted by molar-refractivity contribution is -0.110. The molecular formula is C26H18Cl2FN5O2. The second-order valence-electron chi connectivity index (χ2n) is 7.92. The van der Waals surface area contributed by atoms with Crippen molar-refractivity contribution >= 4 is 75.2 Å². The number of benzene rings is 3. The highest BCUT2D eigenvalue weighted by Gasteiger charge is 2.24. The van der Waals surface area contributed by atoms with Crippen LogP contribution in [0, 0.1) is 5.82 Å². The summed E-state index contributed by atoms with van der Waals surface area (Å²) in [6.45, 7) is 0. The average Bonchev–Trinajstić information content (AvgIpc) is 3.46. The third kappa shape index (κ3) is 5.05. The van der Waals surface area contributed by atoms with Crippen LogP contribution in [0.5, 0.6) is 0 Å². The zero-order valence-corrected chi connectivity index (χ0v) is 20.0. The number of H-pyrrole nitrogens is 1. The summed E-state index contributed by atoms with van der Waals surface area (Å²) >= 11 is 12.0. The van der Waals surface area contributed by atoms with E-state index in [2.05, 4.69) is 26.3 Å². The summed E-state index contributed by atoms with van der Waals surface area (Å²) < 4.78 is 14.5. The van der Waals surface area contributed by atoms with Gasteiger partial charge in [0.15, 0.2) is 0 Å². The molecule has 0 atom stereocenters. The highest BCUT2D eigenvalue weighted by molar-refractivity contribution is 6.36. The first kappa shape index (κ1) is 23.5. The van der Waals surface area contributed by atoms with Crippen molar-refractivity contribution in [3.8, 4) is 0 Å². The van der Waals surface area contributed by atoms with E-state index in [-0.39, 0.29) is 11.6 Å². The highest BCUT2D eigenvalue weighted by Crippen LogP contribution is 2.36. The maximum Gasteiger partial charge on any atom is 0.323 e. The predicted octanol–water partition coefficient (Wildman–Crippen LogP) is 7.34. The van der Waals surface area contributed by atoms with Gasteiger partial charge >= 0.3 is 6.03 Å². The van der Waals surface area contributed by atoms with E-state index in [1.54, 1.807) is 42.6 Å². The molecule has 1 aliphatic rings. The molecule has 36 heavy (non-hydrogen) atoms. The summed E-state index contributed by atoms with van der Waals surface area (Å²) in [5.74, 6) is -0.740. The molecule has 1 aromatic heterocycles. The van der Waals surface area contributed by atoms with Crippen molar-refractivity contribution in [2.45, 2.75) is 0 Å². The van der Waals surface area contributed by atoms with Crippen molar-refractivity contribution < 1.29 is 14.0 Å². The first-order valence-corrected chi connectivity index (χ1v) is 11.5. The second-order valence-corrected chi connectivity index (χ2v) is 8.76.